The van der Waals surface area contributed by atoms with Crippen molar-refractivity contribution in [2.24, 2.45) is 0 Å². The van der Waals surface area contributed by atoms with Gasteiger partial charge in [-0.05, 0) is 48.2 Å². The van der Waals surface area contributed by atoms with Crippen molar-refractivity contribution in [3.05, 3.63) is 52.0 Å². The van der Waals surface area contributed by atoms with Gasteiger partial charge in [-0.25, -0.2) is 0 Å². The topological polar surface area (TPSA) is 24.9 Å². The Kier molecular flexibility index (Phi) is 4.50. The van der Waals surface area contributed by atoms with Crippen molar-refractivity contribution < 1.29 is 0 Å². The molecule has 1 N–H and O–H groups in total. The first-order valence-corrected chi connectivity index (χ1v) is 7.29. The fourth-order valence-electron chi connectivity index (χ4n) is 2.38. The third-order valence-electron chi connectivity index (χ3n) is 3.49. The van der Waals surface area contributed by atoms with Gasteiger partial charge in [0.1, 0.15) is 0 Å². The monoisotopic (exact) mass is 260 g/mol. The average molecular weight is 260 g/mol. The van der Waals surface area contributed by atoms with E-state index >= 15 is 0 Å². The Bertz CT molecular complexity index is 478. The van der Waals surface area contributed by atoms with Gasteiger partial charge in [0.25, 0.3) is 0 Å². The number of aryl methyl sites for hydroxylation is 1. The molecule has 18 heavy (non-hydrogen) atoms. The smallest absolute Gasteiger partial charge is 0.0482 e. The molecule has 0 spiro atoms. The molecule has 0 fully saturated rings. The fraction of sp³-hybridized carbons (Fsp3) is 0.400. The Morgan fingerprint density at radius 1 is 1.28 bits per heavy atom. The van der Waals surface area contributed by atoms with E-state index in [0.717, 1.165) is 6.42 Å². The summed E-state index contributed by atoms with van der Waals surface area (Å²) >= 11 is 1.85. The van der Waals surface area contributed by atoms with E-state index in [1.807, 2.05) is 30.8 Å². The zero-order valence-corrected chi connectivity index (χ0v) is 12.0. The second kappa shape index (κ2) is 6.12. The number of rotatable bonds is 5. The summed E-state index contributed by atoms with van der Waals surface area (Å²) in [5.74, 6) is 0.446. The van der Waals surface area contributed by atoms with E-state index in [-0.39, 0.29) is 0 Å². The first kappa shape index (κ1) is 13.2. The molecule has 3 heteroatoms. The number of aromatic nitrogens is 1. The largest absolute Gasteiger partial charge is 0.312 e. The third-order valence-corrected chi connectivity index (χ3v) is 4.53. The lowest BCUT2D eigenvalue weighted by Crippen LogP contribution is -2.22. The normalized spacial score (nSPS) is 14.4. The van der Waals surface area contributed by atoms with Crippen LogP contribution in [0.3, 0.4) is 0 Å². The standard InChI is InChI=1S/C15H20N2S/c1-4-12-7-10-18-15(12)14(16-3)11(2)13-5-8-17-9-6-13/h5-11,14,16H,4H2,1-3H3. The van der Waals surface area contributed by atoms with Crippen LogP contribution in [-0.2, 0) is 6.42 Å². The molecule has 96 valence electrons. The lowest BCUT2D eigenvalue weighted by Gasteiger charge is -2.24. The summed E-state index contributed by atoms with van der Waals surface area (Å²) in [4.78, 5) is 5.55. The lowest BCUT2D eigenvalue weighted by molar-refractivity contribution is 0.512. The molecule has 0 radical (unpaired) electrons. The van der Waals surface area contributed by atoms with Crippen molar-refractivity contribution in [2.45, 2.75) is 32.2 Å². The van der Waals surface area contributed by atoms with Gasteiger partial charge in [0.15, 0.2) is 0 Å². The van der Waals surface area contributed by atoms with Gasteiger partial charge >= 0.3 is 0 Å². The lowest BCUT2D eigenvalue weighted by atomic mass is 9.91. The highest BCUT2D eigenvalue weighted by molar-refractivity contribution is 7.10. The van der Waals surface area contributed by atoms with Gasteiger partial charge in [0, 0.05) is 29.2 Å². The highest BCUT2D eigenvalue weighted by Crippen LogP contribution is 2.35. The van der Waals surface area contributed by atoms with Crippen LogP contribution in [0.5, 0.6) is 0 Å². The van der Waals surface area contributed by atoms with Crippen LogP contribution in [0.1, 0.15) is 41.8 Å². The zero-order valence-electron chi connectivity index (χ0n) is 11.2. The highest BCUT2D eigenvalue weighted by atomic mass is 32.1. The van der Waals surface area contributed by atoms with Gasteiger partial charge in [-0.2, -0.15) is 0 Å². The van der Waals surface area contributed by atoms with Crippen molar-refractivity contribution in [3.8, 4) is 0 Å². The summed E-state index contributed by atoms with van der Waals surface area (Å²) in [6, 6.07) is 6.83. The predicted molar refractivity (Wildman–Crippen MR) is 78.1 cm³/mol. The summed E-state index contributed by atoms with van der Waals surface area (Å²) in [6.45, 7) is 4.49. The van der Waals surface area contributed by atoms with Crippen LogP contribution in [0.2, 0.25) is 0 Å². The van der Waals surface area contributed by atoms with Crippen LogP contribution in [0.25, 0.3) is 0 Å². The summed E-state index contributed by atoms with van der Waals surface area (Å²) in [5.41, 5.74) is 2.79. The summed E-state index contributed by atoms with van der Waals surface area (Å²) < 4.78 is 0. The van der Waals surface area contributed by atoms with Crippen molar-refractivity contribution >= 4 is 11.3 Å². The third kappa shape index (κ3) is 2.62. The van der Waals surface area contributed by atoms with Crippen molar-refractivity contribution in [3.63, 3.8) is 0 Å². The van der Waals surface area contributed by atoms with E-state index in [2.05, 4.69) is 47.7 Å². The molecule has 0 amide bonds. The van der Waals surface area contributed by atoms with Crippen LogP contribution in [0.4, 0.5) is 0 Å². The number of pyridine rings is 1. The van der Waals surface area contributed by atoms with Crippen molar-refractivity contribution in [1.29, 1.82) is 0 Å². The Morgan fingerprint density at radius 3 is 2.61 bits per heavy atom. The molecule has 0 saturated carbocycles. The number of hydrogen-bond donors (Lipinski definition) is 1. The molecule has 2 nitrogen and oxygen atoms in total. The minimum Gasteiger partial charge on any atom is -0.312 e. The van der Waals surface area contributed by atoms with Crippen molar-refractivity contribution in [1.82, 2.24) is 10.3 Å². The van der Waals surface area contributed by atoms with Crippen LogP contribution in [0.15, 0.2) is 36.0 Å². The maximum absolute atomic E-state index is 4.09. The number of thiophene rings is 1. The Hall–Kier alpha value is -1.19. The van der Waals surface area contributed by atoms with Crippen molar-refractivity contribution in [2.75, 3.05) is 7.05 Å². The molecular formula is C15H20N2S. The molecule has 0 saturated heterocycles. The maximum atomic E-state index is 4.09. The van der Waals surface area contributed by atoms with Crippen LogP contribution >= 0.6 is 11.3 Å². The minimum atomic E-state index is 0.377. The summed E-state index contributed by atoms with van der Waals surface area (Å²) in [6.07, 6.45) is 4.83. The molecule has 0 aromatic carbocycles. The number of hydrogen-bond acceptors (Lipinski definition) is 3. The van der Waals surface area contributed by atoms with Crippen LogP contribution < -0.4 is 5.32 Å². The van der Waals surface area contributed by atoms with Gasteiger partial charge < -0.3 is 5.32 Å². The van der Waals surface area contributed by atoms with Gasteiger partial charge in [-0.3, -0.25) is 4.98 Å². The van der Waals surface area contributed by atoms with Crippen LogP contribution in [0, 0.1) is 0 Å². The maximum Gasteiger partial charge on any atom is 0.0482 e. The fourth-order valence-corrected chi connectivity index (χ4v) is 3.59. The summed E-state index contributed by atoms with van der Waals surface area (Å²) in [5, 5.41) is 5.66. The predicted octanol–water partition coefficient (Wildman–Crippen LogP) is 3.77. The van der Waals surface area contributed by atoms with Crippen LogP contribution in [-0.4, -0.2) is 12.0 Å². The summed E-state index contributed by atoms with van der Waals surface area (Å²) in [7, 11) is 2.04. The Balaban J connectivity index is 2.29. The quantitative estimate of drug-likeness (QED) is 0.885. The minimum absolute atomic E-state index is 0.377. The second-order valence-electron chi connectivity index (χ2n) is 4.50. The molecule has 2 aromatic rings. The van der Waals surface area contributed by atoms with E-state index in [1.165, 1.54) is 16.0 Å². The Labute approximate surface area is 113 Å². The molecular weight excluding hydrogens is 240 g/mol. The molecule has 0 aliphatic heterocycles. The van der Waals surface area contributed by atoms with Gasteiger partial charge in [0.2, 0.25) is 0 Å². The number of likely N-dealkylation sites (N-methyl/N-ethyl adjacent to an activating group) is 1. The second-order valence-corrected chi connectivity index (χ2v) is 5.45. The van der Waals surface area contributed by atoms with E-state index in [4.69, 9.17) is 0 Å². The molecule has 2 aromatic heterocycles. The van der Waals surface area contributed by atoms with E-state index in [0.29, 0.717) is 12.0 Å². The molecule has 0 bridgehead atoms. The van der Waals surface area contributed by atoms with Gasteiger partial charge in [0.05, 0.1) is 0 Å². The van der Waals surface area contributed by atoms with Gasteiger partial charge in [-0.1, -0.05) is 13.8 Å². The van der Waals surface area contributed by atoms with Gasteiger partial charge in [-0.15, -0.1) is 11.3 Å². The molecule has 2 unspecified atom stereocenters. The zero-order chi connectivity index (χ0) is 13.0. The molecule has 0 aliphatic carbocycles. The number of nitrogens with zero attached hydrogens (tertiary/aromatic N) is 1. The first-order valence-electron chi connectivity index (χ1n) is 6.41. The SMILES string of the molecule is CCc1ccsc1C(NC)C(C)c1ccncc1. The Morgan fingerprint density at radius 2 is 2.00 bits per heavy atom. The van der Waals surface area contributed by atoms with E-state index < -0.39 is 0 Å². The highest BCUT2D eigenvalue weighted by Gasteiger charge is 2.22. The van der Waals surface area contributed by atoms with E-state index in [9.17, 15) is 0 Å². The molecule has 0 aliphatic rings. The molecule has 2 atom stereocenters. The molecule has 2 heterocycles. The van der Waals surface area contributed by atoms with E-state index in [1.54, 1.807) is 0 Å². The average Bonchev–Trinajstić information content (AvgIpc) is 2.89. The molecule has 2 rings (SSSR count). The first-order chi connectivity index (χ1) is 8.77. The number of nitrogens with one attached hydrogen (secondary N) is 1.